The molecule has 4 nitrogen and oxygen atoms in total. The molecule has 2 aliphatic heterocycles. The maximum absolute atomic E-state index is 13.5. The molecule has 1 saturated carbocycles. The van der Waals surface area contributed by atoms with E-state index in [2.05, 4.69) is 28.8 Å². The molecule has 0 unspecified atom stereocenters. The van der Waals surface area contributed by atoms with Crippen molar-refractivity contribution in [2.45, 2.75) is 57.2 Å². The number of aromatic nitrogens is 1. The molecule has 3 aliphatic rings. The molecule has 2 bridgehead atoms. The second kappa shape index (κ2) is 5.56. The Morgan fingerprint density at radius 3 is 2.81 bits per heavy atom. The molecule has 2 saturated heterocycles. The van der Waals surface area contributed by atoms with E-state index in [4.69, 9.17) is 0 Å². The number of nitrogens with one attached hydrogen (secondary N) is 1. The van der Waals surface area contributed by atoms with Crippen molar-refractivity contribution in [3.63, 3.8) is 0 Å². The second-order valence-electron chi connectivity index (χ2n) is 8.75. The van der Waals surface area contributed by atoms with E-state index >= 15 is 0 Å². The topological polar surface area (TPSA) is 39.3 Å². The number of piperidine rings is 1. The van der Waals surface area contributed by atoms with Crippen LogP contribution in [-0.4, -0.2) is 52.4 Å². The number of aromatic amines is 1. The Kier molecular flexibility index (Phi) is 3.48. The molecule has 0 spiro atoms. The van der Waals surface area contributed by atoms with Crippen molar-refractivity contribution in [3.05, 3.63) is 35.8 Å². The quantitative estimate of drug-likeness (QED) is 0.845. The molecule has 1 aromatic carbocycles. The molecule has 26 heavy (non-hydrogen) atoms. The average molecular weight is 355 g/mol. The lowest BCUT2D eigenvalue weighted by atomic mass is 9.71. The zero-order valence-electron chi connectivity index (χ0n) is 15.5. The van der Waals surface area contributed by atoms with E-state index in [1.807, 2.05) is 6.07 Å². The van der Waals surface area contributed by atoms with Crippen LogP contribution in [0.2, 0.25) is 0 Å². The van der Waals surface area contributed by atoms with Gasteiger partial charge in [0.1, 0.15) is 11.5 Å². The Labute approximate surface area is 153 Å². The molecular weight excluding hydrogens is 329 g/mol. The Morgan fingerprint density at radius 1 is 1.23 bits per heavy atom. The Balaban J connectivity index is 1.55. The van der Waals surface area contributed by atoms with Crippen LogP contribution in [0.25, 0.3) is 10.9 Å². The van der Waals surface area contributed by atoms with Gasteiger partial charge in [0.2, 0.25) is 0 Å². The van der Waals surface area contributed by atoms with Crippen molar-refractivity contribution in [1.29, 1.82) is 0 Å². The summed E-state index contributed by atoms with van der Waals surface area (Å²) < 4.78 is 13.5. The number of hydrogen-bond acceptors (Lipinski definition) is 2. The van der Waals surface area contributed by atoms with Gasteiger partial charge < -0.3 is 14.8 Å². The largest absolute Gasteiger partial charge is 0.351 e. The molecule has 1 aliphatic carbocycles. The van der Waals surface area contributed by atoms with Crippen molar-refractivity contribution in [2.24, 2.45) is 5.41 Å². The third-order valence-corrected chi connectivity index (χ3v) is 7.21. The monoisotopic (exact) mass is 355 g/mol. The number of likely N-dealkylation sites (N-methyl/N-ethyl adjacent to an activating group) is 1. The van der Waals surface area contributed by atoms with Crippen LogP contribution >= 0.6 is 0 Å². The summed E-state index contributed by atoms with van der Waals surface area (Å²) in [6.07, 6.45) is 5.88. The van der Waals surface area contributed by atoms with Gasteiger partial charge in [-0.1, -0.05) is 19.8 Å². The van der Waals surface area contributed by atoms with Gasteiger partial charge in [-0.2, -0.15) is 0 Å². The maximum atomic E-state index is 13.5. The lowest BCUT2D eigenvalue weighted by Crippen LogP contribution is -2.51. The molecule has 4 atom stereocenters. The molecule has 1 N–H and O–H groups in total. The first-order valence-electron chi connectivity index (χ1n) is 9.78. The zero-order valence-corrected chi connectivity index (χ0v) is 15.5. The van der Waals surface area contributed by atoms with Gasteiger partial charge in [0, 0.05) is 41.0 Å². The highest BCUT2D eigenvalue weighted by molar-refractivity contribution is 5.98. The zero-order chi connectivity index (χ0) is 18.1. The van der Waals surface area contributed by atoms with E-state index in [0.29, 0.717) is 17.8 Å². The average Bonchev–Trinajstić information content (AvgIpc) is 3.05. The molecule has 0 radical (unpaired) electrons. The molecule has 1 aromatic heterocycles. The first kappa shape index (κ1) is 16.3. The molecule has 3 fully saturated rings. The fraction of sp³-hybridized carbons (Fsp3) is 0.571. The highest BCUT2D eigenvalue weighted by Crippen LogP contribution is 2.53. The van der Waals surface area contributed by atoms with Crippen LogP contribution in [0, 0.1) is 11.2 Å². The summed E-state index contributed by atoms with van der Waals surface area (Å²) >= 11 is 0. The Morgan fingerprint density at radius 2 is 2.00 bits per heavy atom. The fourth-order valence-electron chi connectivity index (χ4n) is 6.15. The number of rotatable bonds is 1. The van der Waals surface area contributed by atoms with Crippen LogP contribution in [0.5, 0.6) is 0 Å². The summed E-state index contributed by atoms with van der Waals surface area (Å²) in [4.78, 5) is 21.4. The van der Waals surface area contributed by atoms with Crippen molar-refractivity contribution >= 4 is 16.8 Å². The second-order valence-corrected chi connectivity index (χ2v) is 8.75. The van der Waals surface area contributed by atoms with Crippen LogP contribution in [0.3, 0.4) is 0 Å². The number of likely N-dealkylation sites (tertiary alicyclic amines) is 2. The lowest BCUT2D eigenvalue weighted by molar-refractivity contribution is 0.0576. The lowest BCUT2D eigenvalue weighted by Gasteiger charge is -2.44. The Bertz CT molecular complexity index is 877. The van der Waals surface area contributed by atoms with E-state index in [9.17, 15) is 9.18 Å². The predicted octanol–water partition coefficient (Wildman–Crippen LogP) is 3.78. The van der Waals surface area contributed by atoms with Crippen LogP contribution in [-0.2, 0) is 0 Å². The minimum atomic E-state index is -0.270. The molecule has 5 heteroatoms. The first-order valence-corrected chi connectivity index (χ1v) is 9.78. The van der Waals surface area contributed by atoms with Gasteiger partial charge in [0.05, 0.1) is 0 Å². The first-order chi connectivity index (χ1) is 12.5. The van der Waals surface area contributed by atoms with Crippen LogP contribution in [0.1, 0.15) is 49.5 Å². The summed E-state index contributed by atoms with van der Waals surface area (Å²) in [6.45, 7) is 3.35. The van der Waals surface area contributed by atoms with E-state index in [1.54, 1.807) is 6.07 Å². The third-order valence-electron chi connectivity index (χ3n) is 7.21. The highest BCUT2D eigenvalue weighted by Gasteiger charge is 2.59. The van der Waals surface area contributed by atoms with E-state index in [-0.39, 0.29) is 23.2 Å². The number of carbonyl (C=O) groups excluding carboxylic acids is 1. The minimum absolute atomic E-state index is 0.0799. The van der Waals surface area contributed by atoms with E-state index in [0.717, 1.165) is 30.3 Å². The molecular formula is C21H26FN3O. The van der Waals surface area contributed by atoms with Gasteiger partial charge in [-0.25, -0.2) is 4.39 Å². The molecule has 2 aromatic rings. The van der Waals surface area contributed by atoms with E-state index in [1.165, 1.54) is 31.4 Å². The van der Waals surface area contributed by atoms with Crippen molar-refractivity contribution < 1.29 is 9.18 Å². The van der Waals surface area contributed by atoms with Crippen molar-refractivity contribution in [2.75, 3.05) is 13.6 Å². The summed E-state index contributed by atoms with van der Waals surface area (Å²) in [5, 5.41) is 0.762. The van der Waals surface area contributed by atoms with Gasteiger partial charge in [-0.15, -0.1) is 0 Å². The highest BCUT2D eigenvalue weighted by atomic mass is 19.1. The minimum Gasteiger partial charge on any atom is -0.351 e. The summed E-state index contributed by atoms with van der Waals surface area (Å²) in [5.41, 5.74) is 1.59. The SMILES string of the molecule is CN1C[C@@H]2C[C@@]3(C)[C@H](CCCC[C@@H]13)N2C(=O)c1cc2cc(F)ccc2[nH]1. The number of fused-ring (bicyclic) bond motifs is 2. The summed E-state index contributed by atoms with van der Waals surface area (Å²) in [7, 11) is 2.22. The van der Waals surface area contributed by atoms with Crippen LogP contribution in [0.15, 0.2) is 24.3 Å². The number of carbonyl (C=O) groups is 1. The maximum Gasteiger partial charge on any atom is 0.270 e. The van der Waals surface area contributed by atoms with Crippen molar-refractivity contribution in [1.82, 2.24) is 14.8 Å². The van der Waals surface area contributed by atoms with Gasteiger partial charge in [-0.05, 0) is 50.6 Å². The number of nitrogens with zero attached hydrogens (tertiary/aromatic N) is 2. The number of hydrogen-bond donors (Lipinski definition) is 1. The smallest absolute Gasteiger partial charge is 0.270 e. The molecule has 5 rings (SSSR count). The number of benzene rings is 1. The number of H-pyrrole nitrogens is 1. The number of amides is 1. The summed E-state index contributed by atoms with van der Waals surface area (Å²) in [5.74, 6) is -0.190. The molecule has 138 valence electrons. The van der Waals surface area contributed by atoms with Crippen molar-refractivity contribution in [3.8, 4) is 0 Å². The predicted molar refractivity (Wildman–Crippen MR) is 99.6 cm³/mol. The summed E-state index contributed by atoms with van der Waals surface area (Å²) in [6, 6.07) is 7.59. The standard InChI is InChI=1S/C21H26FN3O/c1-21-11-15-12-24(2)18(21)5-3-4-6-19(21)25(15)20(26)17-10-13-9-14(22)7-8-16(13)23-17/h7-10,15,18-19,23H,3-6,11-12H2,1-2H3/t15-,18+,19-,21+/m0/s1. The molecule has 3 heterocycles. The van der Waals surface area contributed by atoms with Gasteiger partial charge >= 0.3 is 0 Å². The number of halogens is 1. The van der Waals surface area contributed by atoms with E-state index < -0.39 is 0 Å². The van der Waals surface area contributed by atoms with Gasteiger partial charge in [-0.3, -0.25) is 4.79 Å². The van der Waals surface area contributed by atoms with Gasteiger partial charge in [0.25, 0.3) is 5.91 Å². The third kappa shape index (κ3) is 2.19. The van der Waals surface area contributed by atoms with Gasteiger partial charge in [0.15, 0.2) is 0 Å². The fourth-order valence-corrected chi connectivity index (χ4v) is 6.15. The Hall–Kier alpha value is -1.88. The molecule has 1 amide bonds. The normalized spacial score (nSPS) is 34.3. The van der Waals surface area contributed by atoms with Crippen LogP contribution < -0.4 is 0 Å². The van der Waals surface area contributed by atoms with Crippen LogP contribution in [0.4, 0.5) is 4.39 Å².